The third kappa shape index (κ3) is 3.19. The van der Waals surface area contributed by atoms with Crippen molar-refractivity contribution < 1.29 is 18.9 Å². The zero-order chi connectivity index (χ0) is 17.3. The number of ether oxygens (including phenoxy) is 4. The molecular formula is C21H23NO4. The molecule has 3 aliphatic rings. The molecule has 0 saturated carbocycles. The first-order valence-electron chi connectivity index (χ1n) is 9.36. The van der Waals surface area contributed by atoms with E-state index in [1.54, 1.807) is 0 Å². The van der Waals surface area contributed by atoms with Crippen LogP contribution < -0.4 is 24.3 Å². The van der Waals surface area contributed by atoms with E-state index in [4.69, 9.17) is 18.9 Å². The summed E-state index contributed by atoms with van der Waals surface area (Å²) in [7, 11) is 0. The van der Waals surface area contributed by atoms with Crippen LogP contribution in [0.5, 0.6) is 23.0 Å². The molecule has 2 aromatic carbocycles. The lowest BCUT2D eigenvalue weighted by Crippen LogP contribution is -2.52. The highest BCUT2D eigenvalue weighted by atomic mass is 16.7. The van der Waals surface area contributed by atoms with Crippen molar-refractivity contribution in [3.05, 3.63) is 47.5 Å². The molecule has 1 N–H and O–H groups in total. The molecule has 0 aromatic heterocycles. The number of fused-ring (bicyclic) bond motifs is 2. The Morgan fingerprint density at radius 1 is 0.692 bits per heavy atom. The molecule has 0 spiro atoms. The highest BCUT2D eigenvalue weighted by Gasteiger charge is 2.27. The lowest BCUT2D eigenvalue weighted by molar-refractivity contribution is 0.173. The van der Waals surface area contributed by atoms with Crippen molar-refractivity contribution in [3.63, 3.8) is 0 Å². The largest absolute Gasteiger partial charge is 0.454 e. The van der Waals surface area contributed by atoms with Crippen molar-refractivity contribution in [1.82, 2.24) is 5.32 Å². The second kappa shape index (κ2) is 6.72. The van der Waals surface area contributed by atoms with Crippen molar-refractivity contribution >= 4 is 0 Å². The molecule has 3 heterocycles. The predicted octanol–water partition coefficient (Wildman–Crippen LogP) is 3.44. The summed E-state index contributed by atoms with van der Waals surface area (Å²) >= 11 is 0. The van der Waals surface area contributed by atoms with Crippen LogP contribution in [0.3, 0.4) is 0 Å². The van der Waals surface area contributed by atoms with E-state index in [9.17, 15) is 0 Å². The maximum atomic E-state index is 5.45. The van der Waals surface area contributed by atoms with E-state index in [0.29, 0.717) is 25.7 Å². The number of aryl methyl sites for hydroxylation is 2. The van der Waals surface area contributed by atoms with Gasteiger partial charge in [0.2, 0.25) is 13.6 Å². The van der Waals surface area contributed by atoms with Gasteiger partial charge < -0.3 is 24.3 Å². The van der Waals surface area contributed by atoms with Gasteiger partial charge >= 0.3 is 0 Å². The molecule has 1 saturated heterocycles. The summed E-state index contributed by atoms with van der Waals surface area (Å²) in [5, 5.41) is 3.71. The van der Waals surface area contributed by atoms with Gasteiger partial charge in [-0.05, 0) is 67.5 Å². The number of rotatable bonds is 6. The van der Waals surface area contributed by atoms with Crippen LogP contribution in [-0.4, -0.2) is 25.7 Å². The highest BCUT2D eigenvalue weighted by molar-refractivity contribution is 5.45. The number of hydrogen-bond donors (Lipinski definition) is 1. The van der Waals surface area contributed by atoms with Gasteiger partial charge in [-0.3, -0.25) is 0 Å². The molecule has 0 unspecified atom stereocenters. The summed E-state index contributed by atoms with van der Waals surface area (Å²) in [5.41, 5.74) is 2.64. The Balaban J connectivity index is 1.05. The predicted molar refractivity (Wildman–Crippen MR) is 97.1 cm³/mol. The first kappa shape index (κ1) is 15.8. The Bertz CT molecular complexity index is 735. The fraction of sp³-hybridized carbons (Fsp3) is 0.429. The lowest BCUT2D eigenvalue weighted by Gasteiger charge is -2.37. The first-order valence-corrected chi connectivity index (χ1v) is 9.36. The Morgan fingerprint density at radius 3 is 1.65 bits per heavy atom. The number of nitrogens with one attached hydrogen (secondary N) is 1. The fourth-order valence-electron chi connectivity index (χ4n) is 3.93. The van der Waals surface area contributed by atoms with Crippen LogP contribution in [0.1, 0.15) is 30.4 Å². The fourth-order valence-corrected chi connectivity index (χ4v) is 3.93. The number of hydrogen-bond acceptors (Lipinski definition) is 5. The molecule has 5 nitrogen and oxygen atoms in total. The van der Waals surface area contributed by atoms with Gasteiger partial charge in [0.05, 0.1) is 0 Å². The van der Waals surface area contributed by atoms with Gasteiger partial charge in [-0.25, -0.2) is 0 Å². The zero-order valence-electron chi connectivity index (χ0n) is 14.7. The summed E-state index contributed by atoms with van der Waals surface area (Å²) in [6, 6.07) is 13.8. The molecule has 0 radical (unpaired) electrons. The zero-order valence-corrected chi connectivity index (χ0v) is 14.7. The van der Waals surface area contributed by atoms with Crippen molar-refractivity contribution in [2.45, 2.75) is 44.2 Å². The Kier molecular flexibility index (Phi) is 4.09. The monoisotopic (exact) mass is 353 g/mol. The summed E-state index contributed by atoms with van der Waals surface area (Å²) in [6.07, 6.45) is 5.74. The molecule has 2 atom stereocenters. The molecule has 0 bridgehead atoms. The van der Waals surface area contributed by atoms with E-state index >= 15 is 0 Å². The van der Waals surface area contributed by atoms with Gasteiger partial charge in [0, 0.05) is 12.1 Å². The molecule has 26 heavy (non-hydrogen) atoms. The molecule has 5 rings (SSSR count). The quantitative estimate of drug-likeness (QED) is 0.862. The Hall–Kier alpha value is -2.40. The van der Waals surface area contributed by atoms with E-state index in [1.807, 2.05) is 12.1 Å². The molecule has 0 amide bonds. The van der Waals surface area contributed by atoms with E-state index in [1.165, 1.54) is 30.4 Å². The Morgan fingerprint density at radius 2 is 1.15 bits per heavy atom. The maximum Gasteiger partial charge on any atom is 0.231 e. The van der Waals surface area contributed by atoms with Gasteiger partial charge in [0.25, 0.3) is 0 Å². The lowest BCUT2D eigenvalue weighted by atomic mass is 9.88. The van der Waals surface area contributed by atoms with E-state index in [2.05, 4.69) is 29.6 Å². The van der Waals surface area contributed by atoms with Crippen LogP contribution in [0.2, 0.25) is 0 Å². The SMILES string of the molecule is c1cc2c(cc1CC[C@@H]1C[C@H](CCc3ccc4c(c3)OCO4)N1)OCO2. The maximum absolute atomic E-state index is 5.45. The van der Waals surface area contributed by atoms with E-state index in [0.717, 1.165) is 35.8 Å². The first-order chi connectivity index (χ1) is 12.8. The summed E-state index contributed by atoms with van der Waals surface area (Å²) < 4.78 is 21.6. The third-order valence-electron chi connectivity index (χ3n) is 5.48. The summed E-state index contributed by atoms with van der Waals surface area (Å²) in [6.45, 7) is 0.683. The van der Waals surface area contributed by atoms with Crippen LogP contribution in [0.25, 0.3) is 0 Å². The average Bonchev–Trinajstić information content (AvgIpc) is 3.27. The van der Waals surface area contributed by atoms with Crippen molar-refractivity contribution in [2.75, 3.05) is 13.6 Å². The topological polar surface area (TPSA) is 49.0 Å². The molecular weight excluding hydrogens is 330 g/mol. The van der Waals surface area contributed by atoms with Crippen LogP contribution in [-0.2, 0) is 12.8 Å². The Labute approximate surface area is 153 Å². The van der Waals surface area contributed by atoms with Gasteiger partial charge in [-0.2, -0.15) is 0 Å². The smallest absolute Gasteiger partial charge is 0.231 e. The minimum absolute atomic E-state index is 0.341. The van der Waals surface area contributed by atoms with E-state index < -0.39 is 0 Å². The van der Waals surface area contributed by atoms with Crippen LogP contribution >= 0.6 is 0 Å². The van der Waals surface area contributed by atoms with Crippen LogP contribution in [0.4, 0.5) is 0 Å². The second-order valence-corrected chi connectivity index (χ2v) is 7.25. The van der Waals surface area contributed by atoms with Crippen molar-refractivity contribution in [1.29, 1.82) is 0 Å². The molecule has 2 aromatic rings. The highest BCUT2D eigenvalue weighted by Crippen LogP contribution is 2.34. The molecule has 1 fully saturated rings. The molecule has 0 aliphatic carbocycles. The molecule has 5 heteroatoms. The van der Waals surface area contributed by atoms with Crippen LogP contribution in [0.15, 0.2) is 36.4 Å². The average molecular weight is 353 g/mol. The van der Waals surface area contributed by atoms with Crippen molar-refractivity contribution in [2.24, 2.45) is 0 Å². The minimum atomic E-state index is 0.341. The third-order valence-corrected chi connectivity index (χ3v) is 5.48. The number of benzene rings is 2. The molecule has 3 aliphatic heterocycles. The van der Waals surface area contributed by atoms with Gasteiger partial charge in [-0.15, -0.1) is 0 Å². The standard InChI is InChI=1S/C21H23NO4/c1(14-3-7-18-20(9-14)25-12-23-18)5-16-11-17(22-16)6-2-15-4-8-19-21(10-15)26-13-24-19/h3-4,7-10,16-17,22H,1-2,5-6,11-13H2/t16-,17+. The van der Waals surface area contributed by atoms with E-state index in [-0.39, 0.29) is 0 Å². The second-order valence-electron chi connectivity index (χ2n) is 7.25. The van der Waals surface area contributed by atoms with Gasteiger partial charge in [0.1, 0.15) is 0 Å². The normalized spacial score (nSPS) is 22.3. The van der Waals surface area contributed by atoms with Gasteiger partial charge in [-0.1, -0.05) is 12.1 Å². The van der Waals surface area contributed by atoms with Crippen LogP contribution in [0, 0.1) is 0 Å². The van der Waals surface area contributed by atoms with Gasteiger partial charge in [0.15, 0.2) is 23.0 Å². The summed E-state index contributed by atoms with van der Waals surface area (Å²) in [4.78, 5) is 0. The summed E-state index contributed by atoms with van der Waals surface area (Å²) in [5.74, 6) is 3.48. The minimum Gasteiger partial charge on any atom is -0.454 e. The van der Waals surface area contributed by atoms with Crippen molar-refractivity contribution in [3.8, 4) is 23.0 Å². The molecule has 136 valence electrons.